The van der Waals surface area contributed by atoms with E-state index in [4.69, 9.17) is 9.15 Å². The molecule has 6 nitrogen and oxygen atoms in total. The van der Waals surface area contributed by atoms with Gasteiger partial charge in [0.1, 0.15) is 11.3 Å². The number of nitrogens with one attached hydrogen (secondary N) is 1. The molecule has 6 heteroatoms. The first-order valence-corrected chi connectivity index (χ1v) is 9.96. The van der Waals surface area contributed by atoms with E-state index in [0.717, 1.165) is 19.3 Å². The van der Waals surface area contributed by atoms with Gasteiger partial charge in [-0.3, -0.25) is 14.9 Å². The van der Waals surface area contributed by atoms with Crippen molar-refractivity contribution in [2.45, 2.75) is 59.3 Å². The van der Waals surface area contributed by atoms with Crippen molar-refractivity contribution in [3.8, 4) is 0 Å². The van der Waals surface area contributed by atoms with E-state index in [1.165, 1.54) is 26.2 Å². The Labute approximate surface area is 159 Å². The number of amides is 1. The van der Waals surface area contributed by atoms with Crippen molar-refractivity contribution in [1.82, 2.24) is 0 Å². The molecule has 0 aliphatic heterocycles. The summed E-state index contributed by atoms with van der Waals surface area (Å²) in [6, 6.07) is 0. The summed E-state index contributed by atoms with van der Waals surface area (Å²) in [6.07, 6.45) is 6.48. The second-order valence-electron chi connectivity index (χ2n) is 8.67. The van der Waals surface area contributed by atoms with Gasteiger partial charge in [0.25, 0.3) is 0 Å². The minimum atomic E-state index is -0.639. The third kappa shape index (κ3) is 2.99. The maximum absolute atomic E-state index is 13.3. The standard InChI is InChI=1S/C21H27NO5/c1-4-26-19(24)17-16(11(2)23)12(3)27-18(17)22-20(25)21-8-13-5-14(9-21)7-15(6-13)10-21/h13-15H,4-10H2,1-3H3,(H,22,25). The molecule has 1 aromatic heterocycles. The normalized spacial score (nSPS) is 31.0. The summed E-state index contributed by atoms with van der Waals surface area (Å²) in [6.45, 7) is 4.89. The van der Waals surface area contributed by atoms with Crippen LogP contribution in [-0.4, -0.2) is 24.3 Å². The van der Waals surface area contributed by atoms with E-state index < -0.39 is 5.97 Å². The number of esters is 1. The van der Waals surface area contributed by atoms with Crippen molar-refractivity contribution in [3.05, 3.63) is 16.9 Å². The highest BCUT2D eigenvalue weighted by molar-refractivity contribution is 6.11. The van der Waals surface area contributed by atoms with Gasteiger partial charge >= 0.3 is 5.97 Å². The number of hydrogen-bond acceptors (Lipinski definition) is 5. The van der Waals surface area contributed by atoms with Crippen LogP contribution in [0.25, 0.3) is 0 Å². The van der Waals surface area contributed by atoms with Crippen molar-refractivity contribution in [3.63, 3.8) is 0 Å². The molecule has 4 fully saturated rings. The van der Waals surface area contributed by atoms with Crippen molar-refractivity contribution in [2.24, 2.45) is 23.2 Å². The fraction of sp³-hybridized carbons (Fsp3) is 0.667. The molecule has 4 saturated carbocycles. The predicted molar refractivity (Wildman–Crippen MR) is 98.6 cm³/mol. The zero-order valence-corrected chi connectivity index (χ0v) is 16.2. The van der Waals surface area contributed by atoms with Gasteiger partial charge in [-0.05, 0) is 77.0 Å². The van der Waals surface area contributed by atoms with E-state index in [1.54, 1.807) is 13.8 Å². The van der Waals surface area contributed by atoms with Crippen LogP contribution in [0.15, 0.2) is 4.42 Å². The van der Waals surface area contributed by atoms with Gasteiger partial charge in [0.15, 0.2) is 5.78 Å². The molecule has 1 heterocycles. The monoisotopic (exact) mass is 373 g/mol. The van der Waals surface area contributed by atoms with E-state index in [-0.39, 0.29) is 40.7 Å². The Bertz CT molecular complexity index is 770. The molecule has 1 aromatic rings. The number of carbonyl (C=O) groups is 3. The lowest BCUT2D eigenvalue weighted by molar-refractivity contribution is -0.140. The first-order valence-electron chi connectivity index (χ1n) is 9.96. The molecule has 0 aromatic carbocycles. The summed E-state index contributed by atoms with van der Waals surface area (Å²) in [7, 11) is 0. The molecule has 0 saturated heterocycles. The van der Waals surface area contributed by atoms with E-state index in [9.17, 15) is 14.4 Å². The first kappa shape index (κ1) is 18.3. The van der Waals surface area contributed by atoms with E-state index in [0.29, 0.717) is 23.5 Å². The number of ether oxygens (including phenoxy) is 1. The number of carbonyl (C=O) groups excluding carboxylic acids is 3. The molecule has 4 aliphatic carbocycles. The van der Waals surface area contributed by atoms with Gasteiger partial charge in [0.2, 0.25) is 11.8 Å². The van der Waals surface area contributed by atoms with Crippen LogP contribution in [-0.2, 0) is 9.53 Å². The molecule has 0 unspecified atom stereocenters. The largest absolute Gasteiger partial charge is 0.462 e. The molecule has 146 valence electrons. The molecule has 1 N–H and O–H groups in total. The number of furan rings is 1. The van der Waals surface area contributed by atoms with Crippen molar-refractivity contribution in [2.75, 3.05) is 11.9 Å². The molecular formula is C21H27NO5. The van der Waals surface area contributed by atoms with Crippen LogP contribution in [0.5, 0.6) is 0 Å². The average Bonchev–Trinajstić information content (AvgIpc) is 2.90. The van der Waals surface area contributed by atoms with E-state index in [1.807, 2.05) is 0 Å². The molecule has 0 radical (unpaired) electrons. The summed E-state index contributed by atoms with van der Waals surface area (Å²) in [4.78, 5) is 37.8. The Morgan fingerprint density at radius 1 is 1.07 bits per heavy atom. The van der Waals surface area contributed by atoms with Gasteiger partial charge in [-0.1, -0.05) is 0 Å². The lowest BCUT2D eigenvalue weighted by atomic mass is 9.49. The Balaban J connectivity index is 1.64. The summed E-state index contributed by atoms with van der Waals surface area (Å²) < 4.78 is 10.8. The number of hydrogen-bond donors (Lipinski definition) is 1. The van der Waals surface area contributed by atoms with Gasteiger partial charge in [-0.2, -0.15) is 0 Å². The Morgan fingerprint density at radius 2 is 1.63 bits per heavy atom. The van der Waals surface area contributed by atoms with Crippen LogP contribution in [0.1, 0.15) is 78.8 Å². The molecule has 1 amide bonds. The van der Waals surface area contributed by atoms with Crippen LogP contribution in [0.2, 0.25) is 0 Å². The topological polar surface area (TPSA) is 85.6 Å². The molecule has 4 aliphatic rings. The van der Waals surface area contributed by atoms with Crippen molar-refractivity contribution in [1.29, 1.82) is 0 Å². The van der Waals surface area contributed by atoms with Gasteiger partial charge in [0.05, 0.1) is 17.6 Å². The highest BCUT2D eigenvalue weighted by Gasteiger charge is 2.54. The average molecular weight is 373 g/mol. The predicted octanol–water partition coefficient (Wildman–Crippen LogP) is 4.12. The molecule has 27 heavy (non-hydrogen) atoms. The highest BCUT2D eigenvalue weighted by Crippen LogP contribution is 2.60. The van der Waals surface area contributed by atoms with Crippen LogP contribution < -0.4 is 5.32 Å². The van der Waals surface area contributed by atoms with E-state index >= 15 is 0 Å². The lowest BCUT2D eigenvalue weighted by Gasteiger charge is -2.55. The zero-order chi connectivity index (χ0) is 19.3. The van der Waals surface area contributed by atoms with Gasteiger partial charge in [-0.25, -0.2) is 4.79 Å². The molecule has 4 bridgehead atoms. The second kappa shape index (κ2) is 6.50. The zero-order valence-electron chi connectivity index (χ0n) is 16.2. The maximum Gasteiger partial charge on any atom is 0.344 e. The summed E-state index contributed by atoms with van der Waals surface area (Å²) in [5.74, 6) is 1.29. The quantitative estimate of drug-likeness (QED) is 0.620. The minimum absolute atomic E-state index is 0.0416. The van der Waals surface area contributed by atoms with Crippen LogP contribution >= 0.6 is 0 Å². The lowest BCUT2D eigenvalue weighted by Crippen LogP contribution is -2.51. The SMILES string of the molecule is CCOC(=O)c1c(NC(=O)C23CC4CC(CC(C4)C2)C3)oc(C)c1C(C)=O. The van der Waals surface area contributed by atoms with E-state index in [2.05, 4.69) is 5.32 Å². The Kier molecular flexibility index (Phi) is 4.40. The second-order valence-corrected chi connectivity index (χ2v) is 8.67. The minimum Gasteiger partial charge on any atom is -0.462 e. The smallest absolute Gasteiger partial charge is 0.344 e. The molecular weight excluding hydrogens is 346 g/mol. The third-order valence-electron chi connectivity index (χ3n) is 6.66. The third-order valence-corrected chi connectivity index (χ3v) is 6.66. The Hall–Kier alpha value is -2.11. The molecule has 0 spiro atoms. The fourth-order valence-electron chi connectivity index (χ4n) is 6.08. The van der Waals surface area contributed by atoms with Crippen LogP contribution in [0.4, 0.5) is 5.88 Å². The van der Waals surface area contributed by atoms with Crippen molar-refractivity contribution < 1.29 is 23.5 Å². The number of Topliss-reactive ketones (excluding diaryl/α,β-unsaturated/α-hetero) is 1. The summed E-state index contributed by atoms with van der Waals surface area (Å²) >= 11 is 0. The van der Waals surface area contributed by atoms with Gasteiger partial charge in [0, 0.05) is 0 Å². The Morgan fingerprint density at radius 3 is 2.11 bits per heavy atom. The van der Waals surface area contributed by atoms with Gasteiger partial charge in [-0.15, -0.1) is 0 Å². The number of anilines is 1. The fourth-order valence-corrected chi connectivity index (χ4v) is 6.08. The number of aryl methyl sites for hydroxylation is 1. The van der Waals surface area contributed by atoms with Gasteiger partial charge < -0.3 is 9.15 Å². The number of ketones is 1. The van der Waals surface area contributed by atoms with Crippen LogP contribution in [0.3, 0.4) is 0 Å². The number of rotatable bonds is 5. The van der Waals surface area contributed by atoms with Crippen LogP contribution in [0, 0.1) is 30.1 Å². The maximum atomic E-state index is 13.3. The highest BCUT2D eigenvalue weighted by atomic mass is 16.5. The summed E-state index contributed by atoms with van der Waals surface area (Å²) in [5.41, 5.74) is -0.133. The molecule has 0 atom stereocenters. The molecule has 5 rings (SSSR count). The first-order chi connectivity index (χ1) is 12.8. The van der Waals surface area contributed by atoms with Crippen molar-refractivity contribution >= 4 is 23.5 Å². The summed E-state index contributed by atoms with van der Waals surface area (Å²) in [5, 5.41) is 2.86.